The molecule has 6 rings (SSSR count). The number of carbonyl (C=O) groups excluding carboxylic acids is 6. The summed E-state index contributed by atoms with van der Waals surface area (Å²) in [5.41, 5.74) is 18.5. The molecule has 12 N–H and O–H groups in total. The highest BCUT2D eigenvalue weighted by atomic mass is 32.1. The smallest absolute Gasteiger partial charge is 0.312 e. The van der Waals surface area contributed by atoms with Crippen LogP contribution in [0.2, 0.25) is 0 Å². The van der Waals surface area contributed by atoms with Crippen LogP contribution >= 0.6 is 22.7 Å². The number of ether oxygens (including phenoxy) is 3. The van der Waals surface area contributed by atoms with Crippen molar-refractivity contribution >= 4 is 86.3 Å². The van der Waals surface area contributed by atoms with E-state index < -0.39 is 65.3 Å². The fourth-order valence-corrected chi connectivity index (χ4v) is 11.0. The number of carbonyl (C=O) groups is 6. The number of rotatable bonds is 26. The number of nitrogens with zero attached hydrogens (tertiary/aromatic N) is 4. The second-order valence-corrected chi connectivity index (χ2v) is 22.7. The molecule has 4 aromatic rings. The van der Waals surface area contributed by atoms with E-state index in [9.17, 15) is 39.3 Å². The summed E-state index contributed by atoms with van der Waals surface area (Å²) in [4.78, 5) is 91.9. The summed E-state index contributed by atoms with van der Waals surface area (Å²) < 4.78 is 16.8. The molecule has 0 saturated carbocycles. The van der Waals surface area contributed by atoms with Gasteiger partial charge in [0.2, 0.25) is 29.5 Å². The highest BCUT2D eigenvalue weighted by Gasteiger charge is 2.44. The molecule has 0 spiro atoms. The Morgan fingerprint density at radius 1 is 0.887 bits per heavy atom. The molecular weight excluding hydrogens is 1070 g/mol. The van der Waals surface area contributed by atoms with Gasteiger partial charge in [-0.3, -0.25) is 44.7 Å². The topological polar surface area (TPSA) is 342 Å². The molecule has 2 aromatic heterocycles. The lowest BCUT2D eigenvalue weighted by atomic mass is 9.85. The molecule has 432 valence electrons. The van der Waals surface area contributed by atoms with E-state index in [4.69, 9.17) is 36.1 Å². The number of urea groups is 1. The van der Waals surface area contributed by atoms with Crippen LogP contribution in [0.5, 0.6) is 0 Å². The Balaban J connectivity index is 0.907. The van der Waals surface area contributed by atoms with Gasteiger partial charge in [-0.05, 0) is 74.8 Å². The first-order valence-electron chi connectivity index (χ1n) is 26.4. The van der Waals surface area contributed by atoms with E-state index in [1.807, 2.05) is 45.0 Å². The Morgan fingerprint density at radius 3 is 2.19 bits per heavy atom. The molecule has 25 heteroatoms. The molecule has 7 amide bonds. The summed E-state index contributed by atoms with van der Waals surface area (Å²) in [6, 6.07) is 10.5. The number of aliphatic imine (C=N–C) groups is 1. The highest BCUT2D eigenvalue weighted by molar-refractivity contribution is 7.17. The quantitative estimate of drug-likeness (QED) is 0.0243. The number of thiazole rings is 1. The second-order valence-electron chi connectivity index (χ2n) is 20.6. The summed E-state index contributed by atoms with van der Waals surface area (Å²) in [6.07, 6.45) is -0.220. The molecule has 1 saturated heterocycles. The second kappa shape index (κ2) is 28.9. The first-order chi connectivity index (χ1) is 38.0. The molecule has 5 atom stereocenters. The molecule has 0 unspecified atom stereocenters. The van der Waals surface area contributed by atoms with Gasteiger partial charge in [-0.15, -0.1) is 22.7 Å². The summed E-state index contributed by atoms with van der Waals surface area (Å²) in [7, 11) is 0. The molecular formula is C55H75N13O10S2. The molecule has 2 aromatic carbocycles. The van der Waals surface area contributed by atoms with Gasteiger partial charge in [0, 0.05) is 54.3 Å². The lowest BCUT2D eigenvalue weighted by Gasteiger charge is -2.35. The summed E-state index contributed by atoms with van der Waals surface area (Å²) in [6.45, 7) is 14.0. The first-order valence-corrected chi connectivity index (χ1v) is 28.1. The van der Waals surface area contributed by atoms with Crippen molar-refractivity contribution in [1.82, 2.24) is 31.2 Å². The number of aromatic nitrogens is 1. The van der Waals surface area contributed by atoms with Gasteiger partial charge >= 0.3 is 6.03 Å². The normalized spacial score (nSPS) is 16.9. The SMILES string of the molecule is CC(=N)N1C(=N)[C@H](CC(=O)NCCOCCOCCOCC(=O)N[C@H](C(=O)N2C[C@H](O)C[C@H]2C(=O)NCc2ccc(-c3scnc3C)cc2)C(C)(C)C)N=C(c2ccc(NC(=O)[C@@H](N)CCCNC(N)=O)cc2)c2c1sc(C)c2C. The number of nitrogens with one attached hydrogen (secondary N) is 7. The Morgan fingerprint density at radius 2 is 1.55 bits per heavy atom. The number of amidine groups is 2. The number of aryl methyl sites for hydroxylation is 2. The molecule has 2 aliphatic rings. The van der Waals surface area contributed by atoms with E-state index in [2.05, 4.69) is 31.6 Å². The van der Waals surface area contributed by atoms with E-state index in [0.29, 0.717) is 41.4 Å². The predicted octanol–water partition coefficient (Wildman–Crippen LogP) is 3.88. The average Bonchev–Trinajstić information content (AvgIpc) is 4.09. The fraction of sp³-hybridized carbons (Fsp3) is 0.491. The third kappa shape index (κ3) is 17.0. The van der Waals surface area contributed by atoms with Crippen molar-refractivity contribution in [3.8, 4) is 10.4 Å². The van der Waals surface area contributed by atoms with Crippen LogP contribution in [0, 0.1) is 37.0 Å². The monoisotopic (exact) mass is 1140 g/mol. The van der Waals surface area contributed by atoms with Crippen LogP contribution in [-0.4, -0.2) is 157 Å². The van der Waals surface area contributed by atoms with Gasteiger partial charge in [0.1, 0.15) is 41.4 Å². The van der Waals surface area contributed by atoms with Crippen molar-refractivity contribution in [3.63, 3.8) is 0 Å². The maximum Gasteiger partial charge on any atom is 0.312 e. The van der Waals surface area contributed by atoms with Gasteiger partial charge < -0.3 is 62.3 Å². The van der Waals surface area contributed by atoms with Crippen LogP contribution in [0.15, 0.2) is 59.0 Å². The van der Waals surface area contributed by atoms with Crippen LogP contribution < -0.4 is 43.0 Å². The van der Waals surface area contributed by atoms with E-state index in [1.54, 1.807) is 68.8 Å². The van der Waals surface area contributed by atoms with Crippen molar-refractivity contribution in [2.24, 2.45) is 21.9 Å². The number of fused-ring (bicyclic) bond motifs is 1. The molecule has 2 aliphatic heterocycles. The minimum atomic E-state index is -1.01. The van der Waals surface area contributed by atoms with Gasteiger partial charge in [0.05, 0.1) is 73.4 Å². The molecule has 0 aliphatic carbocycles. The number of thiophene rings is 1. The number of anilines is 2. The van der Waals surface area contributed by atoms with Crippen molar-refractivity contribution < 1.29 is 48.1 Å². The zero-order valence-electron chi connectivity index (χ0n) is 46.4. The average molecular weight is 1140 g/mol. The number of nitrogens with two attached hydrogens (primary N) is 2. The number of benzene rings is 2. The maximum absolute atomic E-state index is 14.0. The maximum atomic E-state index is 14.0. The fourth-order valence-electron chi connectivity index (χ4n) is 8.99. The Bertz CT molecular complexity index is 2880. The number of hydrogen-bond acceptors (Lipinski definition) is 17. The van der Waals surface area contributed by atoms with Crippen LogP contribution in [0.3, 0.4) is 0 Å². The number of aliphatic hydroxyl groups is 1. The third-order valence-corrected chi connectivity index (χ3v) is 15.5. The molecule has 0 radical (unpaired) electrons. The van der Waals surface area contributed by atoms with Crippen LogP contribution in [-0.2, 0) is 44.7 Å². The van der Waals surface area contributed by atoms with Gasteiger partial charge in [-0.2, -0.15) is 0 Å². The van der Waals surface area contributed by atoms with Crippen LogP contribution in [0.1, 0.15) is 86.2 Å². The largest absolute Gasteiger partial charge is 0.391 e. The summed E-state index contributed by atoms with van der Waals surface area (Å²) in [5.74, 6) is -2.11. The van der Waals surface area contributed by atoms with Crippen molar-refractivity contribution in [2.75, 3.05) is 69.5 Å². The molecule has 1 fully saturated rings. The van der Waals surface area contributed by atoms with Gasteiger partial charge in [0.25, 0.3) is 0 Å². The molecule has 4 heterocycles. The summed E-state index contributed by atoms with van der Waals surface area (Å²) in [5, 5.41) is 42.9. The minimum Gasteiger partial charge on any atom is -0.391 e. The summed E-state index contributed by atoms with van der Waals surface area (Å²) >= 11 is 2.99. The van der Waals surface area contributed by atoms with Gasteiger partial charge in [0.15, 0.2) is 0 Å². The molecule has 80 heavy (non-hydrogen) atoms. The van der Waals surface area contributed by atoms with E-state index in [0.717, 1.165) is 37.7 Å². The number of likely N-dealkylation sites (tertiary alicyclic amines) is 1. The number of β-amino-alcohol motifs (C(OH)–C–C–N with tert-alkyl or cyclic N) is 1. The van der Waals surface area contributed by atoms with E-state index in [1.165, 1.54) is 21.1 Å². The lowest BCUT2D eigenvalue weighted by Crippen LogP contribution is -2.58. The molecule has 23 nitrogen and oxygen atoms in total. The lowest BCUT2D eigenvalue weighted by molar-refractivity contribution is -0.144. The Hall–Kier alpha value is -7.00. The van der Waals surface area contributed by atoms with E-state index in [-0.39, 0.29) is 89.7 Å². The standard InChI is InChI=1S/C55H75N13O10S2/c1-31-33(3)80-53-45(31)46(36-14-16-38(17-15-36)64-50(72)40(57)9-8-18-61-54(59)75)65-41(49(58)68(53)34(4)56)26-43(70)60-19-20-76-21-22-77-23-24-78-29-44(71)66-48(55(5,6)7)52(74)67-28-39(69)25-42(67)51(73)62-27-35-10-12-37(13-11-35)47-32(2)63-30-79-47/h10-17,30,39-42,48,56,58,69H,8-9,18-29,57H2,1-7H3,(H,60,70)(H,62,73)(H,64,72)(H,66,71)(H3,59,61,75)/t39-,40+,41+,42+,48-/m1/s1. The van der Waals surface area contributed by atoms with Crippen LogP contribution in [0.25, 0.3) is 10.4 Å². The van der Waals surface area contributed by atoms with Crippen molar-refractivity contribution in [1.29, 1.82) is 10.8 Å². The number of amides is 7. The third-order valence-electron chi connectivity index (χ3n) is 13.4. The first kappa shape index (κ1) is 62.2. The van der Waals surface area contributed by atoms with Gasteiger partial charge in [-0.1, -0.05) is 57.2 Å². The number of hydrogen-bond donors (Lipinski definition) is 10. The van der Waals surface area contributed by atoms with Crippen molar-refractivity contribution in [3.05, 3.63) is 86.9 Å². The number of primary amides is 1. The van der Waals surface area contributed by atoms with Crippen LogP contribution in [0.4, 0.5) is 15.5 Å². The number of aliphatic hydroxyl groups excluding tert-OH is 1. The Kier molecular flexibility index (Phi) is 22.5. The minimum absolute atomic E-state index is 0.0241. The van der Waals surface area contributed by atoms with E-state index >= 15 is 0 Å². The molecule has 0 bridgehead atoms. The Labute approximate surface area is 474 Å². The predicted molar refractivity (Wildman–Crippen MR) is 308 cm³/mol. The zero-order valence-corrected chi connectivity index (χ0v) is 48.0. The highest BCUT2D eigenvalue weighted by Crippen LogP contribution is 2.40. The van der Waals surface area contributed by atoms with Gasteiger partial charge in [-0.25, -0.2) is 9.78 Å². The zero-order chi connectivity index (χ0) is 58.3. The van der Waals surface area contributed by atoms with Crippen molar-refractivity contribution in [2.45, 2.75) is 111 Å².